The van der Waals surface area contributed by atoms with Crippen LogP contribution in [0.1, 0.15) is 54.1 Å². The lowest BCUT2D eigenvalue weighted by Crippen LogP contribution is -2.41. The van der Waals surface area contributed by atoms with Crippen molar-refractivity contribution in [2.45, 2.75) is 46.5 Å². The van der Waals surface area contributed by atoms with Gasteiger partial charge in [0.25, 0.3) is 0 Å². The van der Waals surface area contributed by atoms with Crippen molar-refractivity contribution >= 4 is 5.78 Å². The van der Waals surface area contributed by atoms with E-state index in [0.29, 0.717) is 6.54 Å². The molecule has 1 aromatic rings. The van der Waals surface area contributed by atoms with Gasteiger partial charge in [-0.05, 0) is 51.0 Å². The molecule has 1 aliphatic carbocycles. The number of Topliss-reactive ketones (excluding diaryl/α,β-unsaturated/α-hetero) is 1. The van der Waals surface area contributed by atoms with Crippen LogP contribution in [0, 0.1) is 25.2 Å². The number of hydrogen-bond acceptors (Lipinski definition) is 2. The molecule has 1 aliphatic rings. The Labute approximate surface area is 116 Å². The summed E-state index contributed by atoms with van der Waals surface area (Å²) in [6.45, 7) is 6.83. The van der Waals surface area contributed by atoms with Crippen LogP contribution in [0.2, 0.25) is 0 Å². The summed E-state index contributed by atoms with van der Waals surface area (Å²) in [5, 5.41) is 0. The minimum absolute atomic E-state index is 0.263. The molecule has 2 nitrogen and oxygen atoms in total. The van der Waals surface area contributed by atoms with Gasteiger partial charge in [0, 0.05) is 17.5 Å². The molecule has 2 rings (SSSR count). The van der Waals surface area contributed by atoms with Gasteiger partial charge in [-0.15, -0.1) is 0 Å². The van der Waals surface area contributed by atoms with Crippen LogP contribution in [-0.4, -0.2) is 12.3 Å². The highest BCUT2D eigenvalue weighted by Gasteiger charge is 2.40. The molecular formula is C17H25NO. The first-order valence-electron chi connectivity index (χ1n) is 7.30. The summed E-state index contributed by atoms with van der Waals surface area (Å²) in [6, 6.07) is 6.08. The molecule has 0 saturated heterocycles. The second-order valence-electron chi connectivity index (χ2n) is 6.31. The predicted molar refractivity (Wildman–Crippen MR) is 79.4 cm³/mol. The SMILES string of the molecule is Cc1ccc(C(=O)C2(CN)CCC(C)CC2)c(C)c1. The number of hydrogen-bond donors (Lipinski definition) is 1. The van der Waals surface area contributed by atoms with Crippen LogP contribution in [0.4, 0.5) is 0 Å². The van der Waals surface area contributed by atoms with Crippen molar-refractivity contribution in [3.05, 3.63) is 34.9 Å². The van der Waals surface area contributed by atoms with Crippen molar-refractivity contribution < 1.29 is 4.79 Å². The van der Waals surface area contributed by atoms with E-state index >= 15 is 0 Å². The highest BCUT2D eigenvalue weighted by Crippen LogP contribution is 2.41. The van der Waals surface area contributed by atoms with Gasteiger partial charge in [0.05, 0.1) is 0 Å². The summed E-state index contributed by atoms with van der Waals surface area (Å²) in [5.74, 6) is 0.992. The molecule has 2 heteroatoms. The Bertz CT molecular complexity index is 470. The number of aryl methyl sites for hydroxylation is 2. The lowest BCUT2D eigenvalue weighted by atomic mass is 9.66. The fraction of sp³-hybridized carbons (Fsp3) is 0.588. The molecule has 0 atom stereocenters. The molecule has 2 N–H and O–H groups in total. The van der Waals surface area contributed by atoms with Crippen LogP contribution in [0.3, 0.4) is 0 Å². The molecule has 104 valence electrons. The molecule has 0 unspecified atom stereocenters. The number of ketones is 1. The van der Waals surface area contributed by atoms with Crippen molar-refractivity contribution in [1.82, 2.24) is 0 Å². The lowest BCUT2D eigenvalue weighted by molar-refractivity contribution is 0.0694. The second kappa shape index (κ2) is 5.46. The zero-order chi connectivity index (χ0) is 14.0. The van der Waals surface area contributed by atoms with Gasteiger partial charge in [-0.1, -0.05) is 30.7 Å². The highest BCUT2D eigenvalue weighted by molar-refractivity contribution is 6.02. The van der Waals surface area contributed by atoms with Crippen LogP contribution >= 0.6 is 0 Å². The van der Waals surface area contributed by atoms with Crippen LogP contribution in [-0.2, 0) is 0 Å². The van der Waals surface area contributed by atoms with Gasteiger partial charge in [0.2, 0.25) is 0 Å². The molecule has 1 saturated carbocycles. The third-order valence-corrected chi connectivity index (χ3v) is 4.73. The van der Waals surface area contributed by atoms with Gasteiger partial charge < -0.3 is 5.73 Å². The first-order valence-corrected chi connectivity index (χ1v) is 7.30. The average Bonchev–Trinajstić information content (AvgIpc) is 2.39. The van der Waals surface area contributed by atoms with Crippen molar-refractivity contribution in [3.63, 3.8) is 0 Å². The molecule has 0 heterocycles. The van der Waals surface area contributed by atoms with E-state index in [2.05, 4.69) is 19.9 Å². The first-order chi connectivity index (χ1) is 8.98. The maximum Gasteiger partial charge on any atom is 0.170 e. The zero-order valence-corrected chi connectivity index (χ0v) is 12.3. The number of carbonyl (C=O) groups excluding carboxylic acids is 1. The van der Waals surface area contributed by atoms with E-state index in [1.54, 1.807) is 0 Å². The molecule has 0 amide bonds. The number of nitrogens with two attached hydrogens (primary N) is 1. The van der Waals surface area contributed by atoms with Crippen LogP contribution < -0.4 is 5.73 Å². The molecule has 0 aliphatic heterocycles. The second-order valence-corrected chi connectivity index (χ2v) is 6.31. The fourth-order valence-electron chi connectivity index (χ4n) is 3.19. The Kier molecular flexibility index (Phi) is 4.10. The van der Waals surface area contributed by atoms with Crippen molar-refractivity contribution in [2.24, 2.45) is 17.1 Å². The average molecular weight is 259 g/mol. The zero-order valence-electron chi connectivity index (χ0n) is 12.3. The third-order valence-electron chi connectivity index (χ3n) is 4.73. The first kappa shape index (κ1) is 14.3. The quantitative estimate of drug-likeness (QED) is 0.842. The Hall–Kier alpha value is -1.15. The minimum atomic E-state index is -0.313. The molecule has 0 bridgehead atoms. The normalized spacial score (nSPS) is 27.3. The van der Waals surface area contributed by atoms with Gasteiger partial charge in [-0.25, -0.2) is 0 Å². The van der Waals surface area contributed by atoms with Crippen molar-refractivity contribution in [2.75, 3.05) is 6.54 Å². The van der Waals surface area contributed by atoms with E-state index in [0.717, 1.165) is 42.7 Å². The van der Waals surface area contributed by atoms with Gasteiger partial charge in [-0.2, -0.15) is 0 Å². The molecule has 1 aromatic carbocycles. The third kappa shape index (κ3) is 2.74. The minimum Gasteiger partial charge on any atom is -0.329 e. The van der Waals surface area contributed by atoms with E-state index in [1.165, 1.54) is 5.56 Å². The Morgan fingerprint density at radius 1 is 1.32 bits per heavy atom. The number of carbonyl (C=O) groups is 1. The fourth-order valence-corrected chi connectivity index (χ4v) is 3.19. The van der Waals surface area contributed by atoms with Crippen LogP contribution in [0.5, 0.6) is 0 Å². The largest absolute Gasteiger partial charge is 0.329 e. The van der Waals surface area contributed by atoms with Gasteiger partial charge in [0.1, 0.15) is 0 Å². The molecule has 0 aromatic heterocycles. The lowest BCUT2D eigenvalue weighted by Gasteiger charge is -2.37. The topological polar surface area (TPSA) is 43.1 Å². The van der Waals surface area contributed by atoms with Crippen molar-refractivity contribution in [3.8, 4) is 0 Å². The Morgan fingerprint density at radius 3 is 2.47 bits per heavy atom. The van der Waals surface area contributed by atoms with Crippen molar-refractivity contribution in [1.29, 1.82) is 0 Å². The van der Waals surface area contributed by atoms with E-state index in [-0.39, 0.29) is 11.2 Å². The van der Waals surface area contributed by atoms with Crippen LogP contribution in [0.25, 0.3) is 0 Å². The summed E-state index contributed by atoms with van der Waals surface area (Å²) in [7, 11) is 0. The van der Waals surface area contributed by atoms with Gasteiger partial charge >= 0.3 is 0 Å². The van der Waals surface area contributed by atoms with Gasteiger partial charge in [-0.3, -0.25) is 4.79 Å². The molecule has 0 radical (unpaired) electrons. The Balaban J connectivity index is 2.30. The maximum absolute atomic E-state index is 12.9. The molecule has 19 heavy (non-hydrogen) atoms. The predicted octanol–water partition coefficient (Wildman–Crippen LogP) is 3.64. The summed E-state index contributed by atoms with van der Waals surface area (Å²) >= 11 is 0. The summed E-state index contributed by atoms with van der Waals surface area (Å²) in [5.41, 5.74) is 8.82. The molecular weight excluding hydrogens is 234 g/mol. The standard InChI is InChI=1S/C17H25NO/c1-12-6-8-17(11-18,9-7-12)16(19)15-5-4-13(2)10-14(15)3/h4-5,10,12H,6-9,11,18H2,1-3H3. The van der Waals surface area contributed by atoms with E-state index in [9.17, 15) is 4.79 Å². The summed E-state index contributed by atoms with van der Waals surface area (Å²) in [4.78, 5) is 12.9. The maximum atomic E-state index is 12.9. The molecule has 1 fully saturated rings. The highest BCUT2D eigenvalue weighted by atomic mass is 16.1. The van der Waals surface area contributed by atoms with Gasteiger partial charge in [0.15, 0.2) is 5.78 Å². The summed E-state index contributed by atoms with van der Waals surface area (Å²) < 4.78 is 0. The van der Waals surface area contributed by atoms with E-state index in [1.807, 2.05) is 19.1 Å². The Morgan fingerprint density at radius 2 is 1.95 bits per heavy atom. The van der Waals surface area contributed by atoms with E-state index < -0.39 is 0 Å². The smallest absolute Gasteiger partial charge is 0.170 e. The van der Waals surface area contributed by atoms with E-state index in [4.69, 9.17) is 5.73 Å². The number of rotatable bonds is 3. The monoisotopic (exact) mass is 259 g/mol. The summed E-state index contributed by atoms with van der Waals surface area (Å²) in [6.07, 6.45) is 4.12. The molecule has 0 spiro atoms. The van der Waals surface area contributed by atoms with Crippen LogP contribution in [0.15, 0.2) is 18.2 Å². The number of benzene rings is 1.